The van der Waals surface area contributed by atoms with Crippen LogP contribution in [0.5, 0.6) is 5.75 Å². The number of benzene rings is 8. The molecule has 0 saturated heterocycles. The summed E-state index contributed by atoms with van der Waals surface area (Å²) in [5, 5.41) is 12.7. The van der Waals surface area contributed by atoms with Gasteiger partial charge in [0.1, 0.15) is 5.75 Å². The molecule has 0 radical (unpaired) electrons. The van der Waals surface area contributed by atoms with Gasteiger partial charge in [-0.1, -0.05) is 118 Å². The van der Waals surface area contributed by atoms with Crippen molar-refractivity contribution in [3.05, 3.63) is 127 Å². The third-order valence-corrected chi connectivity index (χ3v) is 9.00. The molecule has 42 heavy (non-hydrogen) atoms. The Kier molecular flexibility index (Phi) is 5.37. The standard InChI is InChI=1S/C41H32O/c1-41(2,3)31-19-17-25(18-20-31)39-33-9-5-7-11-35(33)40(36-12-8-6-10-34(36)39)30-21-26-13-15-28-23-32(42-4)24-29-16-14-27(22-30)37(26)38(28)29/h5-24H,1-4H3. The zero-order chi connectivity index (χ0) is 28.6. The van der Waals surface area contributed by atoms with E-state index >= 15 is 0 Å². The van der Waals surface area contributed by atoms with E-state index in [1.807, 2.05) is 0 Å². The third kappa shape index (κ3) is 3.70. The number of methoxy groups -OCH3 is 1. The summed E-state index contributed by atoms with van der Waals surface area (Å²) in [5.41, 5.74) is 6.58. The Morgan fingerprint density at radius 3 is 1.26 bits per heavy atom. The van der Waals surface area contributed by atoms with Gasteiger partial charge in [0.25, 0.3) is 0 Å². The molecule has 8 aromatic rings. The van der Waals surface area contributed by atoms with Crippen LogP contribution in [-0.4, -0.2) is 7.11 Å². The second-order valence-electron chi connectivity index (χ2n) is 12.5. The van der Waals surface area contributed by atoms with Crippen LogP contribution >= 0.6 is 0 Å². The van der Waals surface area contributed by atoms with Gasteiger partial charge in [-0.15, -0.1) is 0 Å². The van der Waals surface area contributed by atoms with Crippen molar-refractivity contribution < 1.29 is 4.74 Å². The van der Waals surface area contributed by atoms with E-state index in [-0.39, 0.29) is 5.41 Å². The largest absolute Gasteiger partial charge is 0.497 e. The van der Waals surface area contributed by atoms with Crippen LogP contribution in [0.1, 0.15) is 26.3 Å². The van der Waals surface area contributed by atoms with E-state index in [0.717, 1.165) is 5.75 Å². The van der Waals surface area contributed by atoms with E-state index in [2.05, 4.69) is 142 Å². The van der Waals surface area contributed by atoms with Crippen LogP contribution in [0.2, 0.25) is 0 Å². The molecule has 1 nitrogen and oxygen atoms in total. The molecule has 0 unspecified atom stereocenters. The molecule has 0 heterocycles. The van der Waals surface area contributed by atoms with Gasteiger partial charge in [-0.05, 0) is 111 Å². The van der Waals surface area contributed by atoms with Crippen molar-refractivity contribution in [1.29, 1.82) is 0 Å². The van der Waals surface area contributed by atoms with Crippen LogP contribution in [0.3, 0.4) is 0 Å². The molecule has 8 rings (SSSR count). The molecule has 0 aromatic heterocycles. The monoisotopic (exact) mass is 540 g/mol. The van der Waals surface area contributed by atoms with Gasteiger partial charge in [0, 0.05) is 0 Å². The summed E-state index contributed by atoms with van der Waals surface area (Å²) in [4.78, 5) is 0. The molecule has 0 atom stereocenters. The van der Waals surface area contributed by atoms with Crippen molar-refractivity contribution >= 4 is 53.9 Å². The zero-order valence-electron chi connectivity index (χ0n) is 24.5. The van der Waals surface area contributed by atoms with Gasteiger partial charge in [-0.2, -0.15) is 0 Å². The van der Waals surface area contributed by atoms with Gasteiger partial charge in [0.2, 0.25) is 0 Å². The quantitative estimate of drug-likeness (QED) is 0.160. The van der Waals surface area contributed by atoms with Gasteiger partial charge >= 0.3 is 0 Å². The fourth-order valence-corrected chi connectivity index (χ4v) is 6.96. The molecule has 0 saturated carbocycles. The fraction of sp³-hybridized carbons (Fsp3) is 0.122. The van der Waals surface area contributed by atoms with E-state index in [4.69, 9.17) is 4.74 Å². The first-order valence-corrected chi connectivity index (χ1v) is 14.7. The van der Waals surface area contributed by atoms with Crippen LogP contribution in [0, 0.1) is 0 Å². The van der Waals surface area contributed by atoms with Crippen molar-refractivity contribution in [3.8, 4) is 28.0 Å². The van der Waals surface area contributed by atoms with Crippen LogP contribution in [0.15, 0.2) is 121 Å². The second kappa shape index (κ2) is 9.06. The molecule has 1 heteroatoms. The lowest BCUT2D eigenvalue weighted by Gasteiger charge is -2.21. The summed E-state index contributed by atoms with van der Waals surface area (Å²) >= 11 is 0. The van der Waals surface area contributed by atoms with Crippen molar-refractivity contribution in [2.75, 3.05) is 7.11 Å². The lowest BCUT2D eigenvalue weighted by molar-refractivity contribution is 0.416. The van der Waals surface area contributed by atoms with E-state index in [0.29, 0.717) is 0 Å². The maximum atomic E-state index is 5.58. The van der Waals surface area contributed by atoms with Gasteiger partial charge < -0.3 is 4.74 Å². The molecule has 0 aliphatic heterocycles. The summed E-state index contributed by atoms with van der Waals surface area (Å²) < 4.78 is 5.58. The van der Waals surface area contributed by atoms with E-state index in [1.54, 1.807) is 7.11 Å². The van der Waals surface area contributed by atoms with Crippen molar-refractivity contribution in [1.82, 2.24) is 0 Å². The number of hydrogen-bond acceptors (Lipinski definition) is 1. The van der Waals surface area contributed by atoms with Crippen LogP contribution in [-0.2, 0) is 5.41 Å². The van der Waals surface area contributed by atoms with E-state index in [9.17, 15) is 0 Å². The first-order valence-electron chi connectivity index (χ1n) is 14.7. The maximum absolute atomic E-state index is 5.58. The molecular formula is C41H32O. The Balaban J connectivity index is 1.43. The summed E-state index contributed by atoms with van der Waals surface area (Å²) in [6, 6.07) is 45.1. The minimum absolute atomic E-state index is 0.121. The molecule has 0 bridgehead atoms. The van der Waals surface area contributed by atoms with Crippen molar-refractivity contribution in [2.45, 2.75) is 26.2 Å². The summed E-state index contributed by atoms with van der Waals surface area (Å²) in [7, 11) is 1.74. The zero-order valence-corrected chi connectivity index (χ0v) is 24.5. The summed E-state index contributed by atoms with van der Waals surface area (Å²) in [6.45, 7) is 6.82. The highest BCUT2D eigenvalue weighted by Gasteiger charge is 2.19. The Morgan fingerprint density at radius 2 is 0.857 bits per heavy atom. The Bertz CT molecular complexity index is 2180. The number of rotatable bonds is 3. The molecule has 0 aliphatic carbocycles. The Hall–Kier alpha value is -4.88. The van der Waals surface area contributed by atoms with Crippen LogP contribution in [0.25, 0.3) is 76.1 Å². The van der Waals surface area contributed by atoms with Crippen molar-refractivity contribution in [3.63, 3.8) is 0 Å². The summed E-state index contributed by atoms with van der Waals surface area (Å²) in [6.07, 6.45) is 0. The molecule has 202 valence electrons. The van der Waals surface area contributed by atoms with E-state index < -0.39 is 0 Å². The minimum Gasteiger partial charge on any atom is -0.497 e. The molecule has 8 aromatic carbocycles. The van der Waals surface area contributed by atoms with Gasteiger partial charge in [-0.25, -0.2) is 0 Å². The fourth-order valence-electron chi connectivity index (χ4n) is 6.96. The molecule has 0 N–H and O–H groups in total. The van der Waals surface area contributed by atoms with Gasteiger partial charge in [-0.3, -0.25) is 0 Å². The predicted octanol–water partition coefficient (Wildman–Crippen LogP) is 11.5. The van der Waals surface area contributed by atoms with E-state index in [1.165, 1.54) is 81.7 Å². The summed E-state index contributed by atoms with van der Waals surface area (Å²) in [5.74, 6) is 0.896. The third-order valence-electron chi connectivity index (χ3n) is 9.00. The topological polar surface area (TPSA) is 9.23 Å². The maximum Gasteiger partial charge on any atom is 0.120 e. The average Bonchev–Trinajstić information content (AvgIpc) is 3.01. The smallest absolute Gasteiger partial charge is 0.120 e. The Labute approximate surface area is 246 Å². The first kappa shape index (κ1) is 24.9. The lowest BCUT2D eigenvalue weighted by Crippen LogP contribution is -2.10. The number of ether oxygens (including phenoxy) is 1. The molecule has 0 aliphatic rings. The SMILES string of the molecule is COc1cc2ccc3cc(-c4c5ccccc5c(-c5ccc(C(C)(C)C)cc5)c5ccccc45)cc4ccc(c1)c2c34. The molecule has 0 amide bonds. The van der Waals surface area contributed by atoms with Gasteiger partial charge in [0.05, 0.1) is 7.11 Å². The first-order chi connectivity index (χ1) is 20.4. The highest BCUT2D eigenvalue weighted by Crippen LogP contribution is 2.46. The lowest BCUT2D eigenvalue weighted by atomic mass is 9.83. The molecular weight excluding hydrogens is 508 g/mol. The van der Waals surface area contributed by atoms with Gasteiger partial charge in [0.15, 0.2) is 0 Å². The molecule has 0 spiro atoms. The number of hydrogen-bond donors (Lipinski definition) is 0. The average molecular weight is 541 g/mol. The minimum atomic E-state index is 0.121. The number of fused-ring (bicyclic) bond motifs is 2. The van der Waals surface area contributed by atoms with Crippen molar-refractivity contribution in [2.24, 2.45) is 0 Å². The molecule has 0 fully saturated rings. The highest BCUT2D eigenvalue weighted by atomic mass is 16.5. The van der Waals surface area contributed by atoms with Crippen LogP contribution < -0.4 is 4.74 Å². The highest BCUT2D eigenvalue weighted by molar-refractivity contribution is 6.26. The normalized spacial score (nSPS) is 12.3. The second-order valence-corrected chi connectivity index (χ2v) is 12.5. The Morgan fingerprint density at radius 1 is 0.452 bits per heavy atom. The van der Waals surface area contributed by atoms with Crippen LogP contribution in [0.4, 0.5) is 0 Å². The predicted molar refractivity (Wildman–Crippen MR) is 181 cm³/mol.